The third-order valence-corrected chi connectivity index (χ3v) is 10.7. The lowest BCUT2D eigenvalue weighted by Gasteiger charge is -2.38. The van der Waals surface area contributed by atoms with E-state index in [9.17, 15) is 13.2 Å². The van der Waals surface area contributed by atoms with Gasteiger partial charge in [-0.2, -0.15) is 4.31 Å². The van der Waals surface area contributed by atoms with Crippen molar-refractivity contribution in [1.29, 1.82) is 0 Å². The van der Waals surface area contributed by atoms with Crippen molar-refractivity contribution in [2.75, 3.05) is 32.8 Å². The van der Waals surface area contributed by atoms with Crippen LogP contribution in [0.15, 0.2) is 46.7 Å². The predicted octanol–water partition coefficient (Wildman–Crippen LogP) is 6.57. The van der Waals surface area contributed by atoms with E-state index in [1.807, 2.05) is 43.5 Å². The van der Waals surface area contributed by atoms with Crippen molar-refractivity contribution in [3.8, 4) is 0 Å². The van der Waals surface area contributed by atoms with Gasteiger partial charge in [0.15, 0.2) is 0 Å². The van der Waals surface area contributed by atoms with E-state index in [2.05, 4.69) is 0 Å². The van der Waals surface area contributed by atoms with Gasteiger partial charge in [0.2, 0.25) is 15.9 Å². The molecule has 0 spiro atoms. The molecule has 1 unspecified atom stereocenters. The highest BCUT2D eigenvalue weighted by atomic mass is 35.5. The predicted molar refractivity (Wildman–Crippen MR) is 159 cm³/mol. The first-order valence-electron chi connectivity index (χ1n) is 13.0. The Morgan fingerprint density at radius 1 is 1.10 bits per heavy atom. The second-order valence-electron chi connectivity index (χ2n) is 9.82. The number of hydrogen-bond acceptors (Lipinski definition) is 5. The molecule has 39 heavy (non-hydrogen) atoms. The van der Waals surface area contributed by atoms with Gasteiger partial charge in [0, 0.05) is 41.2 Å². The molecule has 1 aliphatic heterocycles. The normalized spacial score (nSPS) is 15.6. The number of carbonyl (C=O) groups is 1. The molecular weight excluding hydrogens is 575 g/mol. The van der Waals surface area contributed by atoms with E-state index in [0.717, 1.165) is 16.7 Å². The average Bonchev–Trinajstić information content (AvgIpc) is 3.33. The van der Waals surface area contributed by atoms with Crippen LogP contribution in [-0.2, 0) is 26.0 Å². The van der Waals surface area contributed by atoms with Gasteiger partial charge in [-0.25, -0.2) is 8.42 Å². The maximum Gasteiger partial charge on any atom is 0.244 e. The van der Waals surface area contributed by atoms with Crippen molar-refractivity contribution < 1.29 is 17.9 Å². The number of aryl methyl sites for hydroxylation is 3. The first-order valence-corrected chi connectivity index (χ1v) is 16.1. The fraction of sp³-hybridized carbons (Fsp3) is 0.414. The van der Waals surface area contributed by atoms with Gasteiger partial charge < -0.3 is 9.64 Å². The van der Waals surface area contributed by atoms with Crippen LogP contribution < -0.4 is 0 Å². The first-order chi connectivity index (χ1) is 18.5. The van der Waals surface area contributed by atoms with Crippen LogP contribution in [0.5, 0.6) is 0 Å². The van der Waals surface area contributed by atoms with E-state index < -0.39 is 16.1 Å². The summed E-state index contributed by atoms with van der Waals surface area (Å²) in [5.41, 5.74) is 4.11. The van der Waals surface area contributed by atoms with Gasteiger partial charge in [-0.3, -0.25) is 4.79 Å². The molecule has 1 atom stereocenters. The lowest BCUT2D eigenvalue weighted by Crippen LogP contribution is -2.47. The Bertz CT molecular complexity index is 1430. The quantitative estimate of drug-likeness (QED) is 0.244. The van der Waals surface area contributed by atoms with E-state index in [1.165, 1.54) is 9.18 Å². The van der Waals surface area contributed by atoms with Gasteiger partial charge in [-0.15, -0.1) is 11.3 Å². The Morgan fingerprint density at radius 3 is 2.49 bits per heavy atom. The molecule has 2 aromatic carbocycles. The smallest absolute Gasteiger partial charge is 0.244 e. The number of nitrogens with zero attached hydrogens (tertiary/aromatic N) is 2. The monoisotopic (exact) mass is 608 g/mol. The van der Waals surface area contributed by atoms with E-state index >= 15 is 0 Å². The van der Waals surface area contributed by atoms with E-state index in [4.69, 9.17) is 27.9 Å². The average molecular weight is 610 g/mol. The number of sulfonamides is 1. The Morgan fingerprint density at radius 2 is 1.82 bits per heavy atom. The molecule has 0 radical (unpaired) electrons. The van der Waals surface area contributed by atoms with Crippen LogP contribution >= 0.6 is 34.5 Å². The number of carbonyl (C=O) groups excluding carboxylic acids is 1. The summed E-state index contributed by atoms with van der Waals surface area (Å²) < 4.78 is 34.9. The number of halogens is 2. The Hall–Kier alpha value is -1.94. The summed E-state index contributed by atoms with van der Waals surface area (Å²) in [7, 11) is -3.96. The van der Waals surface area contributed by atoms with Crippen LogP contribution in [0.1, 0.15) is 52.1 Å². The molecule has 3 aromatic rings. The molecule has 0 N–H and O–H groups in total. The largest absolute Gasteiger partial charge is 0.382 e. The van der Waals surface area contributed by atoms with Crippen LogP contribution in [0.25, 0.3) is 0 Å². The molecule has 6 nitrogen and oxygen atoms in total. The zero-order chi connectivity index (χ0) is 28.3. The van der Waals surface area contributed by atoms with Gasteiger partial charge >= 0.3 is 0 Å². The number of rotatable bonds is 10. The number of fused-ring (bicyclic) bond motifs is 1. The van der Waals surface area contributed by atoms with Crippen molar-refractivity contribution in [2.24, 2.45) is 0 Å². The minimum absolute atomic E-state index is 0.171. The second kappa shape index (κ2) is 12.7. The summed E-state index contributed by atoms with van der Waals surface area (Å²) in [5, 5.41) is 3.00. The molecule has 2 heterocycles. The molecule has 0 bridgehead atoms. The van der Waals surface area contributed by atoms with Gasteiger partial charge in [0.25, 0.3) is 0 Å². The lowest BCUT2D eigenvalue weighted by atomic mass is 9.93. The van der Waals surface area contributed by atoms with Gasteiger partial charge in [-0.1, -0.05) is 47.0 Å². The van der Waals surface area contributed by atoms with Crippen molar-refractivity contribution in [3.05, 3.63) is 84.5 Å². The van der Waals surface area contributed by atoms with Gasteiger partial charge in [0.05, 0.1) is 17.5 Å². The summed E-state index contributed by atoms with van der Waals surface area (Å²) in [4.78, 5) is 17.2. The highest BCUT2D eigenvalue weighted by Crippen LogP contribution is 2.41. The minimum atomic E-state index is -3.96. The van der Waals surface area contributed by atoms with Crippen LogP contribution in [0.3, 0.4) is 0 Å². The van der Waals surface area contributed by atoms with Crippen LogP contribution in [0.4, 0.5) is 0 Å². The maximum atomic E-state index is 14.0. The topological polar surface area (TPSA) is 66.9 Å². The molecule has 1 aromatic heterocycles. The molecule has 1 amide bonds. The molecule has 210 valence electrons. The summed E-state index contributed by atoms with van der Waals surface area (Å²) in [6.45, 7) is 8.75. The van der Waals surface area contributed by atoms with E-state index in [1.54, 1.807) is 42.2 Å². The van der Waals surface area contributed by atoms with Gasteiger partial charge in [-0.05, 0) is 86.4 Å². The molecule has 0 saturated carbocycles. The molecule has 10 heteroatoms. The molecule has 0 aliphatic carbocycles. The Kier molecular flexibility index (Phi) is 9.78. The number of benzene rings is 2. The highest BCUT2D eigenvalue weighted by molar-refractivity contribution is 7.89. The highest BCUT2D eigenvalue weighted by Gasteiger charge is 2.37. The van der Waals surface area contributed by atoms with Crippen LogP contribution in [0.2, 0.25) is 10.0 Å². The minimum Gasteiger partial charge on any atom is -0.382 e. The van der Waals surface area contributed by atoms with Crippen molar-refractivity contribution in [3.63, 3.8) is 0 Å². The standard InChI is InChI=1S/C29H34Cl2N2O4S2/c1-5-37-13-6-11-32(39(35,36)29-20(3)15-19(2)16-21(29)4)18-27(34)33-12-9-26-24(10-14-38-26)28(33)23-8-7-22(30)17-25(23)31/h7-8,10,14-17,28H,5-6,9,11-13,18H2,1-4H3. The number of hydrogen-bond donors (Lipinski definition) is 0. The zero-order valence-corrected chi connectivity index (χ0v) is 25.8. The van der Waals surface area contributed by atoms with E-state index in [-0.39, 0.29) is 23.9 Å². The number of thiophene rings is 1. The fourth-order valence-electron chi connectivity index (χ4n) is 5.36. The summed E-state index contributed by atoms with van der Waals surface area (Å²) in [6, 6.07) is 10.6. The number of ether oxygens (including phenoxy) is 1. The third kappa shape index (κ3) is 6.53. The summed E-state index contributed by atoms with van der Waals surface area (Å²) in [6.07, 6.45) is 1.18. The Balaban J connectivity index is 1.70. The van der Waals surface area contributed by atoms with Crippen molar-refractivity contribution in [2.45, 2.75) is 51.5 Å². The molecule has 1 aliphatic rings. The first kappa shape index (κ1) is 30.0. The Labute approximate surface area is 245 Å². The lowest BCUT2D eigenvalue weighted by molar-refractivity contribution is -0.133. The van der Waals surface area contributed by atoms with Gasteiger partial charge in [0.1, 0.15) is 0 Å². The maximum absolute atomic E-state index is 14.0. The third-order valence-electron chi connectivity index (χ3n) is 6.96. The second-order valence-corrected chi connectivity index (χ2v) is 13.5. The van der Waals surface area contributed by atoms with E-state index in [0.29, 0.717) is 53.8 Å². The fourth-order valence-corrected chi connectivity index (χ4v) is 8.61. The molecule has 0 saturated heterocycles. The SMILES string of the molecule is CCOCCCN(CC(=O)N1CCc2sccc2C1c1ccc(Cl)cc1Cl)S(=O)(=O)c1c(C)cc(C)cc1C. The summed E-state index contributed by atoms with van der Waals surface area (Å²) in [5.74, 6) is -0.273. The van der Waals surface area contributed by atoms with Crippen molar-refractivity contribution in [1.82, 2.24) is 9.21 Å². The van der Waals surface area contributed by atoms with Crippen LogP contribution in [0, 0.1) is 20.8 Å². The molecule has 0 fully saturated rings. The number of amides is 1. The van der Waals surface area contributed by atoms with Crippen molar-refractivity contribution >= 4 is 50.5 Å². The molecule has 4 rings (SSSR count). The molecular formula is C29H34Cl2N2O4S2. The zero-order valence-electron chi connectivity index (χ0n) is 22.7. The van der Waals surface area contributed by atoms with Crippen LogP contribution in [-0.4, -0.2) is 56.4 Å². The summed E-state index contributed by atoms with van der Waals surface area (Å²) >= 11 is 14.5.